The summed E-state index contributed by atoms with van der Waals surface area (Å²) < 4.78 is 12.3. The van der Waals surface area contributed by atoms with Crippen molar-refractivity contribution in [1.82, 2.24) is 4.90 Å². The van der Waals surface area contributed by atoms with Crippen LogP contribution < -0.4 is 4.74 Å². The van der Waals surface area contributed by atoms with Gasteiger partial charge in [-0.15, -0.1) is 0 Å². The van der Waals surface area contributed by atoms with Gasteiger partial charge in [0, 0.05) is 28.6 Å². The van der Waals surface area contributed by atoms with Crippen molar-refractivity contribution in [2.45, 2.75) is 13.0 Å². The van der Waals surface area contributed by atoms with Crippen molar-refractivity contribution in [2.75, 3.05) is 20.6 Å². The summed E-state index contributed by atoms with van der Waals surface area (Å²) in [4.78, 5) is 2.19. The Balaban J connectivity index is 1.89. The normalized spacial score (nSPS) is 15.2. The van der Waals surface area contributed by atoms with Crippen molar-refractivity contribution < 1.29 is 9.15 Å². The zero-order valence-corrected chi connectivity index (χ0v) is 14.1. The zero-order chi connectivity index (χ0) is 16.5. The minimum Gasteiger partial charge on any atom is -0.488 e. The first-order valence-electron chi connectivity index (χ1n) is 8.32. The molecule has 0 bridgehead atoms. The molecule has 3 aromatic rings. The Bertz CT molecular complexity index is 905. The van der Waals surface area contributed by atoms with E-state index in [1.54, 1.807) is 0 Å². The average molecular weight is 319 g/mol. The predicted octanol–water partition coefficient (Wildman–Crippen LogP) is 4.71. The fraction of sp³-hybridized carbons (Fsp3) is 0.238. The molecule has 0 radical (unpaired) electrons. The molecule has 0 fully saturated rings. The van der Waals surface area contributed by atoms with Crippen LogP contribution in [-0.4, -0.2) is 25.5 Å². The number of fused-ring (bicyclic) bond motifs is 4. The van der Waals surface area contributed by atoms with Crippen LogP contribution in [0.15, 0.2) is 59.0 Å². The third kappa shape index (κ3) is 2.61. The number of furan rings is 1. The molecule has 0 saturated heterocycles. The predicted molar refractivity (Wildman–Crippen MR) is 97.2 cm³/mol. The van der Waals surface area contributed by atoms with Gasteiger partial charge in [-0.2, -0.15) is 0 Å². The molecule has 0 atom stereocenters. The third-order valence-electron chi connectivity index (χ3n) is 4.42. The molecule has 1 aliphatic rings. The monoisotopic (exact) mass is 319 g/mol. The SMILES string of the molecule is CN(C)CC/C=C1\c2ccccc2OCc2c1oc1ccccc21. The van der Waals surface area contributed by atoms with Gasteiger partial charge in [0.2, 0.25) is 0 Å². The highest BCUT2D eigenvalue weighted by molar-refractivity contribution is 5.91. The van der Waals surface area contributed by atoms with E-state index < -0.39 is 0 Å². The lowest BCUT2D eigenvalue weighted by Crippen LogP contribution is -2.12. The Labute approximate surface area is 142 Å². The molecule has 0 unspecified atom stereocenters. The summed E-state index contributed by atoms with van der Waals surface area (Å²) in [6.45, 7) is 1.54. The Morgan fingerprint density at radius 3 is 2.71 bits per heavy atom. The van der Waals surface area contributed by atoms with E-state index in [1.165, 1.54) is 0 Å². The zero-order valence-electron chi connectivity index (χ0n) is 14.1. The summed E-state index contributed by atoms with van der Waals surface area (Å²) in [6, 6.07) is 16.4. The van der Waals surface area contributed by atoms with Crippen LogP contribution in [0.2, 0.25) is 0 Å². The average Bonchev–Trinajstić information content (AvgIpc) is 2.88. The lowest BCUT2D eigenvalue weighted by Gasteiger charge is -2.10. The second-order valence-corrected chi connectivity index (χ2v) is 6.40. The molecule has 24 heavy (non-hydrogen) atoms. The van der Waals surface area contributed by atoms with Crippen molar-refractivity contribution in [2.24, 2.45) is 0 Å². The van der Waals surface area contributed by atoms with E-state index in [-0.39, 0.29) is 0 Å². The number of rotatable bonds is 3. The summed E-state index contributed by atoms with van der Waals surface area (Å²) in [7, 11) is 4.19. The molecule has 0 N–H and O–H groups in total. The van der Waals surface area contributed by atoms with Gasteiger partial charge in [-0.1, -0.05) is 42.5 Å². The molecule has 1 aliphatic heterocycles. The van der Waals surface area contributed by atoms with E-state index in [0.717, 1.165) is 52.1 Å². The first kappa shape index (κ1) is 15.0. The largest absolute Gasteiger partial charge is 0.488 e. The smallest absolute Gasteiger partial charge is 0.142 e. The van der Waals surface area contributed by atoms with Crippen molar-refractivity contribution in [3.05, 3.63) is 71.5 Å². The van der Waals surface area contributed by atoms with Crippen LogP contribution in [0.1, 0.15) is 23.3 Å². The summed E-state index contributed by atoms with van der Waals surface area (Å²) in [5.74, 6) is 1.86. The van der Waals surface area contributed by atoms with Gasteiger partial charge in [-0.3, -0.25) is 0 Å². The van der Waals surface area contributed by atoms with Crippen LogP contribution in [-0.2, 0) is 6.61 Å². The number of hydrogen-bond acceptors (Lipinski definition) is 3. The minimum atomic E-state index is 0.536. The molecule has 0 saturated carbocycles. The van der Waals surface area contributed by atoms with Gasteiger partial charge in [0.1, 0.15) is 23.7 Å². The number of para-hydroxylation sites is 2. The fourth-order valence-corrected chi connectivity index (χ4v) is 3.22. The van der Waals surface area contributed by atoms with E-state index >= 15 is 0 Å². The number of hydrogen-bond donors (Lipinski definition) is 0. The molecule has 3 heteroatoms. The van der Waals surface area contributed by atoms with Gasteiger partial charge in [0.05, 0.1) is 0 Å². The van der Waals surface area contributed by atoms with Crippen molar-refractivity contribution >= 4 is 16.5 Å². The van der Waals surface area contributed by atoms with E-state index in [1.807, 2.05) is 30.3 Å². The first-order valence-corrected chi connectivity index (χ1v) is 8.32. The number of benzene rings is 2. The maximum absolute atomic E-state index is 6.24. The lowest BCUT2D eigenvalue weighted by atomic mass is 9.99. The highest BCUT2D eigenvalue weighted by atomic mass is 16.5. The molecule has 3 nitrogen and oxygen atoms in total. The van der Waals surface area contributed by atoms with Crippen LogP contribution in [0.4, 0.5) is 0 Å². The van der Waals surface area contributed by atoms with Crippen LogP contribution in [0, 0.1) is 0 Å². The maximum Gasteiger partial charge on any atom is 0.142 e. The van der Waals surface area contributed by atoms with Crippen LogP contribution in [0.3, 0.4) is 0 Å². The Morgan fingerprint density at radius 2 is 1.83 bits per heavy atom. The lowest BCUT2D eigenvalue weighted by molar-refractivity contribution is 0.307. The molecular formula is C21H21NO2. The molecule has 122 valence electrons. The minimum absolute atomic E-state index is 0.536. The highest BCUT2D eigenvalue weighted by Crippen LogP contribution is 2.40. The molecule has 2 heterocycles. The summed E-state index contributed by atoms with van der Waals surface area (Å²) in [6.07, 6.45) is 3.24. The van der Waals surface area contributed by atoms with Gasteiger partial charge in [-0.25, -0.2) is 0 Å². The second kappa shape index (κ2) is 6.17. The first-order chi connectivity index (χ1) is 11.7. The molecule has 0 spiro atoms. The van der Waals surface area contributed by atoms with Gasteiger partial charge in [0.15, 0.2) is 0 Å². The van der Waals surface area contributed by atoms with E-state index in [4.69, 9.17) is 9.15 Å². The summed E-state index contributed by atoms with van der Waals surface area (Å²) in [5.41, 5.74) is 4.30. The van der Waals surface area contributed by atoms with Crippen LogP contribution in [0.25, 0.3) is 16.5 Å². The molecule has 1 aromatic heterocycles. The van der Waals surface area contributed by atoms with E-state index in [9.17, 15) is 0 Å². The van der Waals surface area contributed by atoms with Gasteiger partial charge < -0.3 is 14.1 Å². The van der Waals surface area contributed by atoms with Crippen LogP contribution >= 0.6 is 0 Å². The van der Waals surface area contributed by atoms with Crippen molar-refractivity contribution in [3.63, 3.8) is 0 Å². The molecule has 0 amide bonds. The number of nitrogens with zero attached hydrogens (tertiary/aromatic N) is 1. The van der Waals surface area contributed by atoms with Gasteiger partial charge in [0.25, 0.3) is 0 Å². The summed E-state index contributed by atoms with van der Waals surface area (Å²) in [5, 5.41) is 1.14. The fourth-order valence-electron chi connectivity index (χ4n) is 3.22. The molecule has 2 aromatic carbocycles. The quantitative estimate of drug-likeness (QED) is 0.699. The van der Waals surface area contributed by atoms with Gasteiger partial charge in [-0.05, 0) is 32.6 Å². The van der Waals surface area contributed by atoms with Crippen molar-refractivity contribution in [1.29, 1.82) is 0 Å². The maximum atomic E-state index is 6.24. The Hall–Kier alpha value is -2.52. The molecule has 0 aliphatic carbocycles. The third-order valence-corrected chi connectivity index (χ3v) is 4.42. The van der Waals surface area contributed by atoms with E-state index in [2.05, 4.69) is 43.3 Å². The molecular weight excluding hydrogens is 298 g/mol. The molecule has 4 rings (SSSR count). The Morgan fingerprint density at radius 1 is 1.04 bits per heavy atom. The second-order valence-electron chi connectivity index (χ2n) is 6.40. The van der Waals surface area contributed by atoms with E-state index in [0.29, 0.717) is 6.61 Å². The number of ether oxygens (including phenoxy) is 1. The Kier molecular flexibility index (Phi) is 3.87. The standard InChI is InChI=1S/C21H21NO2/c1-22(2)13-7-10-17-15-8-3-5-11-19(15)23-14-18-16-9-4-6-12-20(16)24-21(17)18/h3-6,8-12H,7,13-14H2,1-2H3/b17-10+. The topological polar surface area (TPSA) is 25.6 Å². The highest BCUT2D eigenvalue weighted by Gasteiger charge is 2.24. The van der Waals surface area contributed by atoms with Crippen molar-refractivity contribution in [3.8, 4) is 5.75 Å². The van der Waals surface area contributed by atoms with Gasteiger partial charge >= 0.3 is 0 Å². The van der Waals surface area contributed by atoms with Crippen LogP contribution in [0.5, 0.6) is 5.75 Å². The summed E-state index contributed by atoms with van der Waals surface area (Å²) >= 11 is 0.